The molecule has 3 rings (SSSR count). The van der Waals surface area contributed by atoms with Gasteiger partial charge in [0.05, 0.1) is 0 Å². The van der Waals surface area contributed by atoms with E-state index in [0.717, 1.165) is 23.9 Å². The second-order valence-electron chi connectivity index (χ2n) is 6.16. The molecule has 2 aliphatic heterocycles. The van der Waals surface area contributed by atoms with Gasteiger partial charge in [0.15, 0.2) is 5.17 Å². The molecule has 0 aromatic rings. The molecule has 0 aromatic heterocycles. The van der Waals surface area contributed by atoms with Gasteiger partial charge < -0.3 is 4.90 Å². The van der Waals surface area contributed by atoms with Crippen molar-refractivity contribution >= 4 is 22.8 Å². The van der Waals surface area contributed by atoms with Crippen molar-refractivity contribution in [2.45, 2.75) is 69.7 Å². The Bertz CT molecular complexity index is 407. The second kappa shape index (κ2) is 4.26. The number of carbonyl (C=O) groups is 1. The second-order valence-corrected chi connectivity index (χ2v) is 7.63. The lowest BCUT2D eigenvalue weighted by atomic mass is 10.0. The standard InChI is InChI=1S/C14H22N2OS/c1-4-7-14(3)12(17)15-13(18-14)16-9(2)10-5-6-11(16)8-10/h9-11H,4-8H2,1-3H3/t9-,10-,11+,14?/m1/s1. The molecule has 4 atom stereocenters. The fourth-order valence-electron chi connectivity index (χ4n) is 3.79. The normalized spacial score (nSPS) is 42.8. The Balaban J connectivity index is 1.79. The van der Waals surface area contributed by atoms with Crippen molar-refractivity contribution in [3.05, 3.63) is 0 Å². The predicted molar refractivity (Wildman–Crippen MR) is 75.8 cm³/mol. The highest BCUT2D eigenvalue weighted by atomic mass is 32.2. The van der Waals surface area contributed by atoms with E-state index in [4.69, 9.17) is 0 Å². The molecule has 100 valence electrons. The summed E-state index contributed by atoms with van der Waals surface area (Å²) in [4.78, 5) is 19.0. The highest BCUT2D eigenvalue weighted by molar-refractivity contribution is 8.16. The van der Waals surface area contributed by atoms with Gasteiger partial charge in [0.1, 0.15) is 4.75 Å². The molecule has 1 unspecified atom stereocenters. The zero-order valence-corrected chi connectivity index (χ0v) is 12.3. The molecule has 0 N–H and O–H groups in total. The summed E-state index contributed by atoms with van der Waals surface area (Å²) in [6.45, 7) is 6.49. The zero-order valence-electron chi connectivity index (χ0n) is 11.5. The number of amides is 1. The van der Waals surface area contributed by atoms with Gasteiger partial charge in [0.2, 0.25) is 0 Å². The number of fused-ring (bicyclic) bond motifs is 2. The Morgan fingerprint density at radius 1 is 1.50 bits per heavy atom. The topological polar surface area (TPSA) is 32.7 Å². The Labute approximate surface area is 113 Å². The maximum absolute atomic E-state index is 12.1. The summed E-state index contributed by atoms with van der Waals surface area (Å²) >= 11 is 1.71. The monoisotopic (exact) mass is 266 g/mol. The van der Waals surface area contributed by atoms with Crippen molar-refractivity contribution in [3.63, 3.8) is 0 Å². The number of nitrogens with zero attached hydrogens (tertiary/aromatic N) is 2. The van der Waals surface area contributed by atoms with Crippen LogP contribution in [0.1, 0.15) is 52.9 Å². The van der Waals surface area contributed by atoms with Gasteiger partial charge in [-0.15, -0.1) is 0 Å². The van der Waals surface area contributed by atoms with Gasteiger partial charge in [-0.2, -0.15) is 4.99 Å². The summed E-state index contributed by atoms with van der Waals surface area (Å²) < 4.78 is -0.300. The largest absolute Gasteiger partial charge is 0.345 e. The molecule has 2 bridgehead atoms. The van der Waals surface area contributed by atoms with Crippen molar-refractivity contribution in [1.82, 2.24) is 4.90 Å². The molecule has 3 nitrogen and oxygen atoms in total. The van der Waals surface area contributed by atoms with Crippen LogP contribution in [-0.4, -0.2) is 32.8 Å². The van der Waals surface area contributed by atoms with Crippen LogP contribution in [0.3, 0.4) is 0 Å². The third-order valence-electron chi connectivity index (χ3n) is 4.87. The Hall–Kier alpha value is -0.510. The average Bonchev–Trinajstić information content (AvgIpc) is 2.95. The minimum atomic E-state index is -0.300. The highest BCUT2D eigenvalue weighted by Gasteiger charge is 2.49. The van der Waals surface area contributed by atoms with Gasteiger partial charge in [0, 0.05) is 12.1 Å². The third kappa shape index (κ3) is 1.72. The summed E-state index contributed by atoms with van der Waals surface area (Å²) in [6.07, 6.45) is 5.92. The number of piperidine rings is 1. The minimum absolute atomic E-state index is 0.0827. The van der Waals surface area contributed by atoms with Crippen LogP contribution in [0.5, 0.6) is 0 Å². The van der Waals surface area contributed by atoms with Crippen molar-refractivity contribution in [3.8, 4) is 0 Å². The van der Waals surface area contributed by atoms with Gasteiger partial charge >= 0.3 is 0 Å². The Morgan fingerprint density at radius 2 is 2.28 bits per heavy atom. The summed E-state index contributed by atoms with van der Waals surface area (Å²) in [7, 11) is 0. The molecule has 18 heavy (non-hydrogen) atoms. The molecular weight excluding hydrogens is 244 g/mol. The van der Waals surface area contributed by atoms with E-state index in [1.807, 2.05) is 0 Å². The van der Waals surface area contributed by atoms with Gasteiger partial charge in [-0.3, -0.25) is 4.79 Å². The number of rotatable bonds is 2. The van der Waals surface area contributed by atoms with Crippen LogP contribution in [0.25, 0.3) is 0 Å². The molecule has 1 saturated carbocycles. The first-order valence-corrected chi connectivity index (χ1v) is 7.97. The SMILES string of the molecule is CCCC1(C)SC(N2[C@H]3CC[C@H](C3)[C@H]2C)=NC1=O. The predicted octanol–water partition coefficient (Wildman–Crippen LogP) is 3.05. The van der Waals surface area contributed by atoms with Crippen molar-refractivity contribution in [2.24, 2.45) is 10.9 Å². The first kappa shape index (κ1) is 12.5. The van der Waals surface area contributed by atoms with E-state index >= 15 is 0 Å². The number of thioether (sulfide) groups is 1. The molecule has 0 spiro atoms. The van der Waals surface area contributed by atoms with Crippen LogP contribution in [-0.2, 0) is 4.79 Å². The first-order valence-electron chi connectivity index (χ1n) is 7.15. The summed E-state index contributed by atoms with van der Waals surface area (Å²) in [5, 5.41) is 1.01. The van der Waals surface area contributed by atoms with Crippen LogP contribution >= 0.6 is 11.8 Å². The van der Waals surface area contributed by atoms with Crippen molar-refractivity contribution in [2.75, 3.05) is 0 Å². The Kier molecular flexibility index (Phi) is 2.96. The molecule has 2 fully saturated rings. The number of amidine groups is 1. The maximum atomic E-state index is 12.1. The zero-order chi connectivity index (χ0) is 12.9. The van der Waals surface area contributed by atoms with Crippen LogP contribution in [0.15, 0.2) is 4.99 Å². The van der Waals surface area contributed by atoms with Gasteiger partial charge in [-0.25, -0.2) is 0 Å². The summed E-state index contributed by atoms with van der Waals surface area (Å²) in [5.74, 6) is 0.908. The van der Waals surface area contributed by atoms with E-state index in [1.165, 1.54) is 19.3 Å². The fourth-order valence-corrected chi connectivity index (χ4v) is 5.18. The molecule has 1 aliphatic carbocycles. The summed E-state index contributed by atoms with van der Waals surface area (Å²) in [5.41, 5.74) is 0. The number of hydrogen-bond donors (Lipinski definition) is 0. The number of aliphatic imine (C=N–C) groups is 1. The lowest BCUT2D eigenvalue weighted by Crippen LogP contribution is -2.42. The molecule has 3 aliphatic rings. The van der Waals surface area contributed by atoms with Crippen molar-refractivity contribution < 1.29 is 4.79 Å². The fraction of sp³-hybridized carbons (Fsp3) is 0.857. The molecule has 0 aromatic carbocycles. The minimum Gasteiger partial charge on any atom is -0.345 e. The van der Waals surface area contributed by atoms with Gasteiger partial charge in [-0.1, -0.05) is 25.1 Å². The number of carbonyl (C=O) groups excluding carboxylic acids is 1. The van der Waals surface area contributed by atoms with E-state index in [-0.39, 0.29) is 10.7 Å². The quantitative estimate of drug-likeness (QED) is 0.770. The molecule has 0 radical (unpaired) electrons. The van der Waals surface area contributed by atoms with E-state index in [1.54, 1.807) is 11.8 Å². The smallest absolute Gasteiger partial charge is 0.264 e. The van der Waals surface area contributed by atoms with E-state index in [2.05, 4.69) is 30.7 Å². The van der Waals surface area contributed by atoms with Gasteiger partial charge in [0.25, 0.3) is 5.91 Å². The van der Waals surface area contributed by atoms with E-state index in [0.29, 0.717) is 12.1 Å². The highest BCUT2D eigenvalue weighted by Crippen LogP contribution is 2.47. The first-order chi connectivity index (χ1) is 8.55. The van der Waals surface area contributed by atoms with Crippen LogP contribution in [0, 0.1) is 5.92 Å². The summed E-state index contributed by atoms with van der Waals surface area (Å²) in [6, 6.07) is 1.22. The Morgan fingerprint density at radius 3 is 2.89 bits per heavy atom. The van der Waals surface area contributed by atoms with Gasteiger partial charge in [-0.05, 0) is 45.4 Å². The van der Waals surface area contributed by atoms with Crippen LogP contribution in [0.2, 0.25) is 0 Å². The van der Waals surface area contributed by atoms with E-state index in [9.17, 15) is 4.79 Å². The lowest BCUT2D eigenvalue weighted by Gasteiger charge is -2.35. The van der Waals surface area contributed by atoms with E-state index < -0.39 is 0 Å². The van der Waals surface area contributed by atoms with Crippen molar-refractivity contribution in [1.29, 1.82) is 0 Å². The molecule has 4 heteroatoms. The molecule has 1 amide bonds. The number of likely N-dealkylation sites (tertiary alicyclic amines) is 1. The molecule has 1 saturated heterocycles. The van der Waals surface area contributed by atoms with Crippen LogP contribution in [0.4, 0.5) is 0 Å². The number of hydrogen-bond acceptors (Lipinski definition) is 3. The molecule has 2 heterocycles. The average molecular weight is 266 g/mol. The maximum Gasteiger partial charge on any atom is 0.264 e. The lowest BCUT2D eigenvalue weighted by molar-refractivity contribution is -0.119. The van der Waals surface area contributed by atoms with Crippen LogP contribution < -0.4 is 0 Å². The molecular formula is C14H22N2OS. The third-order valence-corrected chi connectivity index (χ3v) is 6.19.